The number of methoxy groups -OCH3 is 2. The zero-order valence-corrected chi connectivity index (χ0v) is 13.9. The van der Waals surface area contributed by atoms with Crippen LogP contribution < -0.4 is 19.6 Å². The molecule has 1 aromatic heterocycles. The second-order valence-corrected chi connectivity index (χ2v) is 5.24. The van der Waals surface area contributed by atoms with Gasteiger partial charge in [0.25, 0.3) is 0 Å². The van der Waals surface area contributed by atoms with Gasteiger partial charge in [0, 0.05) is 23.8 Å². The molecule has 0 bridgehead atoms. The van der Waals surface area contributed by atoms with E-state index in [-0.39, 0.29) is 12.0 Å². The van der Waals surface area contributed by atoms with Crippen LogP contribution in [0.25, 0.3) is 22.3 Å². The molecule has 2 aromatic carbocycles. The molecule has 130 valence electrons. The largest absolute Gasteiger partial charge is 0.496 e. The van der Waals surface area contributed by atoms with Gasteiger partial charge in [-0.1, -0.05) is 0 Å². The number of halogens is 1. The summed E-state index contributed by atoms with van der Waals surface area (Å²) in [6, 6.07) is 11.6. The summed E-state index contributed by atoms with van der Waals surface area (Å²) in [6.07, 6.45) is 0. The van der Waals surface area contributed by atoms with E-state index < -0.39 is 6.67 Å². The van der Waals surface area contributed by atoms with Gasteiger partial charge in [0.1, 0.15) is 47.3 Å². The molecule has 0 N–H and O–H groups in total. The Morgan fingerprint density at radius 1 is 1.00 bits per heavy atom. The van der Waals surface area contributed by atoms with Gasteiger partial charge < -0.3 is 18.6 Å². The molecule has 0 aliphatic heterocycles. The fourth-order valence-corrected chi connectivity index (χ4v) is 2.52. The third-order valence-electron chi connectivity index (χ3n) is 3.71. The lowest BCUT2D eigenvalue weighted by Crippen LogP contribution is -2.03. The van der Waals surface area contributed by atoms with Crippen molar-refractivity contribution >= 4 is 11.0 Å². The predicted molar refractivity (Wildman–Crippen MR) is 92.5 cm³/mol. The summed E-state index contributed by atoms with van der Waals surface area (Å²) in [6.45, 7) is -0.547. The van der Waals surface area contributed by atoms with Gasteiger partial charge in [0.15, 0.2) is 5.43 Å². The zero-order chi connectivity index (χ0) is 17.8. The quantitative estimate of drug-likeness (QED) is 0.680. The average Bonchev–Trinajstić information content (AvgIpc) is 2.65. The minimum atomic E-state index is -0.551. The first-order valence-corrected chi connectivity index (χ1v) is 7.65. The maximum Gasteiger partial charge on any atom is 0.197 e. The van der Waals surface area contributed by atoms with Crippen molar-refractivity contribution < 1.29 is 23.0 Å². The number of rotatable bonds is 6. The van der Waals surface area contributed by atoms with Gasteiger partial charge in [0.2, 0.25) is 0 Å². The molecule has 0 unspecified atom stereocenters. The van der Waals surface area contributed by atoms with Gasteiger partial charge >= 0.3 is 0 Å². The molecule has 25 heavy (non-hydrogen) atoms. The van der Waals surface area contributed by atoms with Crippen molar-refractivity contribution in [3.05, 3.63) is 52.7 Å². The lowest BCUT2D eigenvalue weighted by atomic mass is 10.1. The molecule has 3 aromatic rings. The van der Waals surface area contributed by atoms with Crippen LogP contribution in [0.1, 0.15) is 0 Å². The number of hydrogen-bond donors (Lipinski definition) is 0. The van der Waals surface area contributed by atoms with Crippen molar-refractivity contribution in [2.45, 2.75) is 0 Å². The highest BCUT2D eigenvalue weighted by molar-refractivity contribution is 5.86. The maximum absolute atomic E-state index is 12.5. The molecule has 0 radical (unpaired) electrons. The molecule has 0 saturated carbocycles. The van der Waals surface area contributed by atoms with E-state index in [9.17, 15) is 9.18 Å². The lowest BCUT2D eigenvalue weighted by molar-refractivity contribution is 0.273. The Balaban J connectivity index is 2.07. The molecule has 1 heterocycles. The van der Waals surface area contributed by atoms with Crippen molar-refractivity contribution in [3.63, 3.8) is 0 Å². The molecule has 0 saturated heterocycles. The summed E-state index contributed by atoms with van der Waals surface area (Å²) >= 11 is 0. The van der Waals surface area contributed by atoms with Gasteiger partial charge in [-0.15, -0.1) is 0 Å². The molecular weight excluding hydrogens is 327 g/mol. The normalized spacial score (nSPS) is 10.7. The highest BCUT2D eigenvalue weighted by Gasteiger charge is 2.13. The standard InChI is InChI=1S/C19H17FO5/c1-22-14-9-17(23-2)19-15(21)11-16(25-18(19)10-14)12-3-5-13(6-4-12)24-8-7-20/h3-6,9-11H,7-8H2,1-2H3. The van der Waals surface area contributed by atoms with E-state index >= 15 is 0 Å². The van der Waals surface area contributed by atoms with Crippen LogP contribution in [0.2, 0.25) is 0 Å². The van der Waals surface area contributed by atoms with Crippen molar-refractivity contribution in [2.75, 3.05) is 27.5 Å². The summed E-state index contributed by atoms with van der Waals surface area (Å²) in [7, 11) is 3.01. The van der Waals surface area contributed by atoms with E-state index in [1.807, 2.05) is 0 Å². The van der Waals surface area contributed by atoms with Crippen molar-refractivity contribution in [1.29, 1.82) is 0 Å². The number of ether oxygens (including phenoxy) is 3. The second kappa shape index (κ2) is 7.25. The molecule has 0 amide bonds. The first kappa shape index (κ1) is 16.8. The van der Waals surface area contributed by atoms with Crippen LogP contribution in [-0.2, 0) is 0 Å². The van der Waals surface area contributed by atoms with Crippen LogP contribution in [0.15, 0.2) is 51.7 Å². The van der Waals surface area contributed by atoms with Gasteiger partial charge in [-0.25, -0.2) is 4.39 Å². The summed E-state index contributed by atoms with van der Waals surface area (Å²) in [5.41, 5.74) is 0.860. The minimum absolute atomic E-state index is 0.00396. The Bertz CT molecular complexity index is 931. The summed E-state index contributed by atoms with van der Waals surface area (Å²) in [4.78, 5) is 12.5. The van der Waals surface area contributed by atoms with Crippen LogP contribution in [0.3, 0.4) is 0 Å². The maximum atomic E-state index is 12.5. The molecule has 6 heteroatoms. The highest BCUT2D eigenvalue weighted by atomic mass is 19.1. The van der Waals surface area contributed by atoms with Crippen molar-refractivity contribution in [1.82, 2.24) is 0 Å². The summed E-state index contributed by atoms with van der Waals surface area (Å²) in [5, 5.41) is 0.356. The second-order valence-electron chi connectivity index (χ2n) is 5.24. The third-order valence-corrected chi connectivity index (χ3v) is 3.71. The van der Waals surface area contributed by atoms with Gasteiger partial charge in [-0.05, 0) is 24.3 Å². The van der Waals surface area contributed by atoms with Gasteiger partial charge in [0.05, 0.1) is 14.2 Å². The van der Waals surface area contributed by atoms with E-state index in [1.54, 1.807) is 36.4 Å². The average molecular weight is 344 g/mol. The molecule has 0 spiro atoms. The van der Waals surface area contributed by atoms with E-state index in [0.717, 1.165) is 0 Å². The molecular formula is C19H17FO5. The predicted octanol–water partition coefficient (Wildman–Crippen LogP) is 3.83. The Kier molecular flexibility index (Phi) is 4.88. The van der Waals surface area contributed by atoms with Crippen LogP contribution in [-0.4, -0.2) is 27.5 Å². The van der Waals surface area contributed by atoms with Crippen molar-refractivity contribution in [3.8, 4) is 28.6 Å². The Hall–Kier alpha value is -3.02. The Labute approximate surface area is 143 Å². The van der Waals surface area contributed by atoms with Crippen LogP contribution in [0, 0.1) is 0 Å². The van der Waals surface area contributed by atoms with Gasteiger partial charge in [-0.2, -0.15) is 0 Å². The van der Waals surface area contributed by atoms with E-state index in [4.69, 9.17) is 18.6 Å². The monoisotopic (exact) mass is 344 g/mol. The number of fused-ring (bicyclic) bond motifs is 1. The smallest absolute Gasteiger partial charge is 0.197 e. The summed E-state index contributed by atoms with van der Waals surface area (Å²) in [5.74, 6) is 1.88. The third kappa shape index (κ3) is 3.42. The molecule has 0 aliphatic carbocycles. The number of alkyl halides is 1. The molecule has 5 nitrogen and oxygen atoms in total. The lowest BCUT2D eigenvalue weighted by Gasteiger charge is -2.09. The fourth-order valence-electron chi connectivity index (χ4n) is 2.52. The first-order chi connectivity index (χ1) is 12.2. The van der Waals surface area contributed by atoms with E-state index in [2.05, 4.69) is 0 Å². The van der Waals surface area contributed by atoms with Crippen LogP contribution in [0.5, 0.6) is 17.2 Å². The molecule has 0 fully saturated rings. The first-order valence-electron chi connectivity index (χ1n) is 7.65. The van der Waals surface area contributed by atoms with Crippen LogP contribution in [0.4, 0.5) is 4.39 Å². The molecule has 0 atom stereocenters. The Morgan fingerprint density at radius 2 is 1.76 bits per heavy atom. The van der Waals surface area contributed by atoms with E-state index in [0.29, 0.717) is 39.5 Å². The molecule has 3 rings (SSSR count). The fraction of sp³-hybridized carbons (Fsp3) is 0.211. The zero-order valence-electron chi connectivity index (χ0n) is 13.9. The van der Waals surface area contributed by atoms with E-state index in [1.165, 1.54) is 20.3 Å². The highest BCUT2D eigenvalue weighted by Crippen LogP contribution is 2.32. The van der Waals surface area contributed by atoms with Crippen molar-refractivity contribution in [2.24, 2.45) is 0 Å². The van der Waals surface area contributed by atoms with Gasteiger partial charge in [-0.3, -0.25) is 4.79 Å². The summed E-state index contributed by atoms with van der Waals surface area (Å²) < 4.78 is 33.7. The number of benzene rings is 2. The topological polar surface area (TPSA) is 57.9 Å². The number of hydrogen-bond acceptors (Lipinski definition) is 5. The molecule has 0 aliphatic rings. The van der Waals surface area contributed by atoms with Crippen LogP contribution >= 0.6 is 0 Å². The minimum Gasteiger partial charge on any atom is -0.496 e. The SMILES string of the molecule is COc1cc(OC)c2c(=O)cc(-c3ccc(OCCF)cc3)oc2c1. The Morgan fingerprint density at radius 3 is 2.40 bits per heavy atom.